The molecule has 2 N–H and O–H groups in total. The molecule has 1 aliphatic carbocycles. The van der Waals surface area contributed by atoms with E-state index in [2.05, 4.69) is 4.90 Å². The highest BCUT2D eigenvalue weighted by Crippen LogP contribution is 2.45. The van der Waals surface area contributed by atoms with E-state index in [-0.39, 0.29) is 0 Å². The summed E-state index contributed by atoms with van der Waals surface area (Å²) in [5.41, 5.74) is 6.25. The second-order valence-corrected chi connectivity index (χ2v) is 4.91. The predicted molar refractivity (Wildman–Crippen MR) is 55.6 cm³/mol. The van der Waals surface area contributed by atoms with Gasteiger partial charge in [-0.25, -0.2) is 0 Å². The summed E-state index contributed by atoms with van der Waals surface area (Å²) in [4.78, 5) is 2.61. The van der Waals surface area contributed by atoms with Gasteiger partial charge in [-0.3, -0.25) is 0 Å². The molecule has 1 heterocycles. The third-order valence-electron chi connectivity index (χ3n) is 3.71. The molecule has 1 aliphatic heterocycles. The second-order valence-electron chi connectivity index (χ2n) is 4.91. The maximum Gasteiger partial charge on any atom is 0.00505 e. The van der Waals surface area contributed by atoms with Gasteiger partial charge in [0.1, 0.15) is 0 Å². The number of nitrogens with two attached hydrogens (primary N) is 1. The van der Waals surface area contributed by atoms with Crippen molar-refractivity contribution in [3.8, 4) is 0 Å². The van der Waals surface area contributed by atoms with Gasteiger partial charge in [-0.2, -0.15) is 0 Å². The van der Waals surface area contributed by atoms with E-state index in [1.807, 2.05) is 0 Å². The maximum atomic E-state index is 5.47. The molecule has 0 aromatic heterocycles. The molecule has 76 valence electrons. The van der Waals surface area contributed by atoms with Crippen LogP contribution >= 0.6 is 0 Å². The van der Waals surface area contributed by atoms with Crippen molar-refractivity contribution in [3.63, 3.8) is 0 Å². The number of likely N-dealkylation sites (tertiary alicyclic amines) is 1. The van der Waals surface area contributed by atoms with Gasteiger partial charge in [-0.05, 0) is 44.2 Å². The van der Waals surface area contributed by atoms with Crippen molar-refractivity contribution in [1.29, 1.82) is 0 Å². The third-order valence-corrected chi connectivity index (χ3v) is 3.71. The number of hydrogen-bond acceptors (Lipinski definition) is 2. The van der Waals surface area contributed by atoms with Crippen molar-refractivity contribution in [2.75, 3.05) is 26.2 Å². The minimum absolute atomic E-state index is 0.780. The second kappa shape index (κ2) is 3.97. The summed E-state index contributed by atoms with van der Waals surface area (Å²) in [7, 11) is 0. The van der Waals surface area contributed by atoms with Crippen LogP contribution in [-0.2, 0) is 0 Å². The highest BCUT2D eigenvalue weighted by Gasteiger charge is 2.43. The van der Waals surface area contributed by atoms with Gasteiger partial charge in [-0.15, -0.1) is 0 Å². The Morgan fingerprint density at radius 3 is 2.38 bits per heavy atom. The topological polar surface area (TPSA) is 29.3 Å². The number of hydrogen-bond donors (Lipinski definition) is 1. The van der Waals surface area contributed by atoms with E-state index < -0.39 is 0 Å². The molecule has 2 heteroatoms. The first kappa shape index (κ1) is 9.47. The van der Waals surface area contributed by atoms with E-state index in [4.69, 9.17) is 5.73 Å². The molecule has 1 spiro atoms. The van der Waals surface area contributed by atoms with E-state index in [1.54, 1.807) is 0 Å². The first-order valence-corrected chi connectivity index (χ1v) is 5.77. The molecule has 2 rings (SSSR count). The average Bonchev–Trinajstić information content (AvgIpc) is 2.52. The molecule has 0 amide bonds. The molecule has 0 aromatic carbocycles. The van der Waals surface area contributed by atoms with E-state index in [0.29, 0.717) is 0 Å². The van der Waals surface area contributed by atoms with Gasteiger partial charge in [0.25, 0.3) is 0 Å². The first-order valence-electron chi connectivity index (χ1n) is 5.77. The fourth-order valence-corrected chi connectivity index (χ4v) is 2.98. The molecule has 2 aliphatic rings. The highest BCUT2D eigenvalue weighted by molar-refractivity contribution is 4.97. The molecule has 1 saturated heterocycles. The van der Waals surface area contributed by atoms with Gasteiger partial charge in [-0.1, -0.05) is 12.8 Å². The Balaban J connectivity index is 1.61. The van der Waals surface area contributed by atoms with E-state index >= 15 is 0 Å². The summed E-state index contributed by atoms with van der Waals surface area (Å²) < 4.78 is 0. The van der Waals surface area contributed by atoms with Crippen LogP contribution in [0.5, 0.6) is 0 Å². The molecule has 0 aromatic rings. The van der Waals surface area contributed by atoms with Crippen molar-refractivity contribution in [2.24, 2.45) is 11.1 Å². The molecular formula is C11H22N2. The molecule has 0 bridgehead atoms. The van der Waals surface area contributed by atoms with E-state index in [1.165, 1.54) is 58.2 Å². The zero-order valence-corrected chi connectivity index (χ0v) is 8.60. The highest BCUT2D eigenvalue weighted by atomic mass is 15.2. The van der Waals surface area contributed by atoms with Crippen molar-refractivity contribution >= 4 is 0 Å². The minimum atomic E-state index is 0.780. The number of nitrogens with zero attached hydrogens (tertiary/aromatic N) is 1. The van der Waals surface area contributed by atoms with Crippen molar-refractivity contribution in [1.82, 2.24) is 4.90 Å². The smallest absolute Gasteiger partial charge is 0.00505 e. The summed E-state index contributed by atoms with van der Waals surface area (Å²) in [5.74, 6) is 0. The van der Waals surface area contributed by atoms with Gasteiger partial charge in [0.05, 0.1) is 0 Å². The Hall–Kier alpha value is -0.0800. The monoisotopic (exact) mass is 182 g/mol. The van der Waals surface area contributed by atoms with Crippen LogP contribution < -0.4 is 5.73 Å². The predicted octanol–water partition coefficient (Wildman–Crippen LogP) is 1.60. The zero-order valence-electron chi connectivity index (χ0n) is 8.60. The van der Waals surface area contributed by atoms with Crippen LogP contribution in [0, 0.1) is 5.41 Å². The molecule has 0 unspecified atom stereocenters. The van der Waals surface area contributed by atoms with Crippen molar-refractivity contribution in [3.05, 3.63) is 0 Å². The average molecular weight is 182 g/mol. The fourth-order valence-electron chi connectivity index (χ4n) is 2.98. The molecule has 0 atom stereocenters. The normalized spacial score (nSPS) is 26.5. The summed E-state index contributed by atoms with van der Waals surface area (Å²) >= 11 is 0. The molecule has 0 radical (unpaired) electrons. The maximum absolute atomic E-state index is 5.47. The van der Waals surface area contributed by atoms with Crippen molar-refractivity contribution in [2.45, 2.75) is 38.5 Å². The zero-order chi connectivity index (χ0) is 9.15. The van der Waals surface area contributed by atoms with Crippen LogP contribution in [0.4, 0.5) is 0 Å². The quantitative estimate of drug-likeness (QED) is 0.669. The molecule has 2 nitrogen and oxygen atoms in total. The minimum Gasteiger partial charge on any atom is -0.330 e. The summed E-state index contributed by atoms with van der Waals surface area (Å²) in [5, 5.41) is 0. The van der Waals surface area contributed by atoms with Gasteiger partial charge in [0.15, 0.2) is 0 Å². The van der Waals surface area contributed by atoms with Crippen LogP contribution in [0.3, 0.4) is 0 Å². The third kappa shape index (κ3) is 2.05. The Morgan fingerprint density at radius 2 is 1.77 bits per heavy atom. The summed E-state index contributed by atoms with van der Waals surface area (Å²) in [6, 6.07) is 0. The fraction of sp³-hybridized carbons (Fsp3) is 1.00. The van der Waals surface area contributed by atoms with Crippen LogP contribution in [-0.4, -0.2) is 31.1 Å². The van der Waals surface area contributed by atoms with Gasteiger partial charge < -0.3 is 10.6 Å². The molecule has 2 fully saturated rings. The van der Waals surface area contributed by atoms with Gasteiger partial charge in [0, 0.05) is 13.1 Å². The lowest BCUT2D eigenvalue weighted by atomic mass is 9.78. The molecule has 1 saturated carbocycles. The Morgan fingerprint density at radius 1 is 1.08 bits per heavy atom. The van der Waals surface area contributed by atoms with Crippen LogP contribution in [0.15, 0.2) is 0 Å². The van der Waals surface area contributed by atoms with E-state index in [9.17, 15) is 0 Å². The van der Waals surface area contributed by atoms with Crippen molar-refractivity contribution < 1.29 is 0 Å². The van der Waals surface area contributed by atoms with Gasteiger partial charge >= 0.3 is 0 Å². The Labute approximate surface area is 81.5 Å². The lowest BCUT2D eigenvalue weighted by Crippen LogP contribution is -2.54. The Kier molecular flexibility index (Phi) is 2.89. The van der Waals surface area contributed by atoms with Crippen LogP contribution in [0.25, 0.3) is 0 Å². The van der Waals surface area contributed by atoms with Gasteiger partial charge in [0.2, 0.25) is 0 Å². The van der Waals surface area contributed by atoms with E-state index in [0.717, 1.165) is 12.0 Å². The van der Waals surface area contributed by atoms with Crippen LogP contribution in [0.2, 0.25) is 0 Å². The summed E-state index contributed by atoms with van der Waals surface area (Å²) in [6.45, 7) is 4.92. The van der Waals surface area contributed by atoms with Crippen LogP contribution in [0.1, 0.15) is 38.5 Å². The standard InChI is InChI=1S/C11H22N2/c12-7-3-4-8-13-9-11(10-13)5-1-2-6-11/h1-10,12H2. The number of unbranched alkanes of at least 4 members (excludes halogenated alkanes) is 1. The lowest BCUT2D eigenvalue weighted by molar-refractivity contribution is 0.00544. The number of rotatable bonds is 4. The SMILES string of the molecule is NCCCCN1CC2(CCCC2)C1. The lowest BCUT2D eigenvalue weighted by Gasteiger charge is -2.48. The summed E-state index contributed by atoms with van der Waals surface area (Å²) in [6.07, 6.45) is 8.46. The largest absolute Gasteiger partial charge is 0.330 e. The first-order chi connectivity index (χ1) is 6.35. The Bertz CT molecular complexity index is 153. The molecular weight excluding hydrogens is 160 g/mol. The molecule has 13 heavy (non-hydrogen) atoms.